The monoisotopic (exact) mass is 328 g/mol. The number of nitrogens with one attached hydrogen (secondary N) is 1. The number of sulfonamides is 1. The molecule has 1 aliphatic heterocycles. The second kappa shape index (κ2) is 7.40. The molecule has 1 aromatic rings. The fourth-order valence-corrected chi connectivity index (χ4v) is 3.77. The molecule has 1 atom stereocenters. The number of benzene rings is 1. The Hall–Kier alpha value is -0.880. The highest BCUT2D eigenvalue weighted by Crippen LogP contribution is 2.14. The Kier molecular flexibility index (Phi) is 5.81. The fraction of sp³-hybridized carbons (Fsp3) is 0.467. The lowest BCUT2D eigenvalue weighted by molar-refractivity contribution is 0.387. The highest BCUT2D eigenvalue weighted by atomic mass is 35.5. The van der Waals surface area contributed by atoms with Gasteiger partial charge in [-0.15, -0.1) is 0 Å². The summed E-state index contributed by atoms with van der Waals surface area (Å²) in [5, 5.41) is 5.24. The second-order valence-electron chi connectivity index (χ2n) is 5.14. The lowest BCUT2D eigenvalue weighted by Gasteiger charge is -2.22. The summed E-state index contributed by atoms with van der Waals surface area (Å²) in [5.74, 6) is 0. The van der Waals surface area contributed by atoms with Crippen LogP contribution in [0.2, 0.25) is 5.02 Å². The molecule has 0 amide bonds. The maximum Gasteiger partial charge on any atom is 0.236 e. The lowest BCUT2D eigenvalue weighted by atomic mass is 10.2. The van der Waals surface area contributed by atoms with E-state index in [0.29, 0.717) is 18.1 Å². The number of halogens is 1. The lowest BCUT2D eigenvalue weighted by Crippen LogP contribution is -2.40. The summed E-state index contributed by atoms with van der Waals surface area (Å²) >= 11 is 5.81. The van der Waals surface area contributed by atoms with Crippen molar-refractivity contribution in [3.63, 3.8) is 0 Å². The standard InChI is InChI=1S/C15H21ClN2O2S/c1-2-18(12-15-4-3-10-17-15)21(19,20)11-9-13-5-7-14(16)8-6-13/h5-9,11,15,17H,2-4,10,12H2,1H3/b11-9+. The van der Waals surface area contributed by atoms with Crippen molar-refractivity contribution in [2.75, 3.05) is 19.6 Å². The molecule has 0 radical (unpaired) electrons. The van der Waals surface area contributed by atoms with E-state index in [1.54, 1.807) is 30.3 Å². The summed E-state index contributed by atoms with van der Waals surface area (Å²) < 4.78 is 26.3. The van der Waals surface area contributed by atoms with Crippen LogP contribution in [0, 0.1) is 0 Å². The molecule has 4 nitrogen and oxygen atoms in total. The van der Waals surface area contributed by atoms with Gasteiger partial charge in [-0.25, -0.2) is 8.42 Å². The van der Waals surface area contributed by atoms with Crippen LogP contribution in [0.5, 0.6) is 0 Å². The minimum Gasteiger partial charge on any atom is -0.313 e. The Morgan fingerprint density at radius 1 is 1.38 bits per heavy atom. The quantitative estimate of drug-likeness (QED) is 0.873. The average Bonchev–Trinajstić information content (AvgIpc) is 2.97. The third-order valence-corrected chi connectivity index (χ3v) is 5.46. The van der Waals surface area contributed by atoms with Gasteiger partial charge in [0.2, 0.25) is 10.0 Å². The molecule has 1 saturated heterocycles. The third kappa shape index (κ3) is 4.81. The molecule has 0 aliphatic carbocycles. The van der Waals surface area contributed by atoms with Crippen molar-refractivity contribution in [2.45, 2.75) is 25.8 Å². The van der Waals surface area contributed by atoms with Crippen LogP contribution in [0.4, 0.5) is 0 Å². The van der Waals surface area contributed by atoms with E-state index in [4.69, 9.17) is 11.6 Å². The van der Waals surface area contributed by atoms with Gasteiger partial charge in [0.25, 0.3) is 0 Å². The SMILES string of the molecule is CCN(CC1CCCN1)S(=O)(=O)/C=C/c1ccc(Cl)cc1. The van der Waals surface area contributed by atoms with Gasteiger partial charge in [0.15, 0.2) is 0 Å². The van der Waals surface area contributed by atoms with E-state index >= 15 is 0 Å². The molecule has 6 heteroatoms. The largest absolute Gasteiger partial charge is 0.313 e. The van der Waals surface area contributed by atoms with E-state index in [1.807, 2.05) is 6.92 Å². The summed E-state index contributed by atoms with van der Waals surface area (Å²) in [7, 11) is -3.39. The van der Waals surface area contributed by atoms with Gasteiger partial charge < -0.3 is 5.32 Å². The van der Waals surface area contributed by atoms with Crippen LogP contribution in [0.25, 0.3) is 6.08 Å². The molecule has 0 saturated carbocycles. The Bertz CT molecular complexity index is 578. The maximum atomic E-state index is 12.4. The average molecular weight is 329 g/mol. The van der Waals surface area contributed by atoms with E-state index in [9.17, 15) is 8.42 Å². The van der Waals surface area contributed by atoms with Crippen LogP contribution in [0.1, 0.15) is 25.3 Å². The molecule has 1 unspecified atom stereocenters. The highest BCUT2D eigenvalue weighted by molar-refractivity contribution is 7.92. The molecule has 1 fully saturated rings. The zero-order valence-corrected chi connectivity index (χ0v) is 13.7. The molecule has 1 heterocycles. The first kappa shape index (κ1) is 16.5. The summed E-state index contributed by atoms with van der Waals surface area (Å²) in [5.41, 5.74) is 0.818. The summed E-state index contributed by atoms with van der Waals surface area (Å²) in [6.45, 7) is 3.85. The van der Waals surface area contributed by atoms with E-state index in [1.165, 1.54) is 9.71 Å². The Morgan fingerprint density at radius 2 is 2.10 bits per heavy atom. The van der Waals surface area contributed by atoms with Crippen LogP contribution < -0.4 is 5.32 Å². The van der Waals surface area contributed by atoms with Crippen molar-refractivity contribution in [1.29, 1.82) is 0 Å². The molecular weight excluding hydrogens is 308 g/mol. The molecule has 0 spiro atoms. The zero-order valence-electron chi connectivity index (χ0n) is 12.1. The van der Waals surface area contributed by atoms with E-state index < -0.39 is 10.0 Å². The summed E-state index contributed by atoms with van der Waals surface area (Å²) in [6.07, 6.45) is 3.76. The predicted octanol–water partition coefficient (Wildman–Crippen LogP) is 2.71. The first-order valence-corrected chi connectivity index (χ1v) is 9.06. The molecule has 1 aliphatic rings. The number of hydrogen-bond acceptors (Lipinski definition) is 3. The molecule has 1 aromatic carbocycles. The maximum absolute atomic E-state index is 12.4. The number of rotatable bonds is 6. The summed E-state index contributed by atoms with van der Waals surface area (Å²) in [4.78, 5) is 0. The topological polar surface area (TPSA) is 49.4 Å². The molecule has 0 aromatic heterocycles. The Balaban J connectivity index is 2.05. The van der Waals surface area contributed by atoms with Crippen LogP contribution >= 0.6 is 11.6 Å². The molecule has 0 bridgehead atoms. The number of nitrogens with zero attached hydrogens (tertiary/aromatic N) is 1. The van der Waals surface area contributed by atoms with Crippen molar-refractivity contribution < 1.29 is 8.42 Å². The predicted molar refractivity (Wildman–Crippen MR) is 87.7 cm³/mol. The van der Waals surface area contributed by atoms with Crippen molar-refractivity contribution >= 4 is 27.7 Å². The van der Waals surface area contributed by atoms with Crippen molar-refractivity contribution in [2.24, 2.45) is 0 Å². The first-order chi connectivity index (χ1) is 10.0. The number of likely N-dealkylation sites (N-methyl/N-ethyl adjacent to an activating group) is 1. The molecule has 2 rings (SSSR count). The van der Waals surface area contributed by atoms with Crippen LogP contribution in [-0.4, -0.2) is 38.4 Å². The summed E-state index contributed by atoms with van der Waals surface area (Å²) in [6, 6.07) is 7.34. The zero-order chi connectivity index (χ0) is 15.3. The van der Waals surface area contributed by atoms with Crippen molar-refractivity contribution in [3.8, 4) is 0 Å². The molecular formula is C15H21ClN2O2S. The van der Waals surface area contributed by atoms with Gasteiger partial charge in [0, 0.05) is 29.6 Å². The normalized spacial score (nSPS) is 19.7. The fourth-order valence-electron chi connectivity index (χ4n) is 2.40. The van der Waals surface area contributed by atoms with Gasteiger partial charge >= 0.3 is 0 Å². The Morgan fingerprint density at radius 3 is 2.67 bits per heavy atom. The van der Waals surface area contributed by atoms with Gasteiger partial charge in [-0.3, -0.25) is 0 Å². The Labute approximate surface area is 131 Å². The molecule has 21 heavy (non-hydrogen) atoms. The van der Waals surface area contributed by atoms with Crippen molar-refractivity contribution in [3.05, 3.63) is 40.3 Å². The number of hydrogen-bond donors (Lipinski definition) is 1. The van der Waals surface area contributed by atoms with E-state index in [-0.39, 0.29) is 6.04 Å². The van der Waals surface area contributed by atoms with Crippen LogP contribution in [0.3, 0.4) is 0 Å². The van der Waals surface area contributed by atoms with Crippen LogP contribution in [0.15, 0.2) is 29.7 Å². The van der Waals surface area contributed by atoms with Crippen molar-refractivity contribution in [1.82, 2.24) is 9.62 Å². The highest BCUT2D eigenvalue weighted by Gasteiger charge is 2.23. The van der Waals surface area contributed by atoms with E-state index in [2.05, 4.69) is 5.32 Å². The third-order valence-electron chi connectivity index (χ3n) is 3.60. The minimum atomic E-state index is -3.39. The van der Waals surface area contributed by atoms with Gasteiger partial charge in [0.05, 0.1) is 0 Å². The first-order valence-electron chi connectivity index (χ1n) is 7.18. The van der Waals surface area contributed by atoms with Gasteiger partial charge in [-0.1, -0.05) is 30.7 Å². The molecule has 116 valence electrons. The van der Waals surface area contributed by atoms with Crippen LogP contribution in [-0.2, 0) is 10.0 Å². The van der Waals surface area contributed by atoms with E-state index in [0.717, 1.165) is 24.9 Å². The smallest absolute Gasteiger partial charge is 0.236 e. The van der Waals surface area contributed by atoms with Gasteiger partial charge in [0.1, 0.15) is 0 Å². The minimum absolute atomic E-state index is 0.267. The molecule has 1 N–H and O–H groups in total. The van der Waals surface area contributed by atoms with Gasteiger partial charge in [-0.2, -0.15) is 4.31 Å². The second-order valence-corrected chi connectivity index (χ2v) is 7.40. The van der Waals surface area contributed by atoms with Gasteiger partial charge in [-0.05, 0) is 43.2 Å².